The Labute approximate surface area is 586 Å². The van der Waals surface area contributed by atoms with Gasteiger partial charge in [-0.15, -0.1) is 0 Å². The van der Waals surface area contributed by atoms with Crippen LogP contribution in [0, 0.1) is 6.92 Å². The normalized spacial score (nSPS) is 32.9. The summed E-state index contributed by atoms with van der Waals surface area (Å²) in [5.41, 5.74) is 13.1. The molecule has 19 nitrogen and oxygen atoms in total. The lowest BCUT2D eigenvalue weighted by molar-refractivity contribution is -0.235. The fourth-order valence-electron chi connectivity index (χ4n) is 17.0. The summed E-state index contributed by atoms with van der Waals surface area (Å²) in [6.45, 7) is 36.3. The van der Waals surface area contributed by atoms with E-state index < -0.39 is 71.9 Å². The Morgan fingerprint density at radius 3 is 0.747 bits per heavy atom. The maximum absolute atomic E-state index is 7.25. The van der Waals surface area contributed by atoms with E-state index in [2.05, 4.69) is 83.1 Å². The van der Waals surface area contributed by atoms with Crippen LogP contribution in [-0.4, -0.2) is 153 Å². The summed E-state index contributed by atoms with van der Waals surface area (Å²) in [6.07, 6.45) is 2.88. The van der Waals surface area contributed by atoms with Gasteiger partial charge in [0.15, 0.2) is 53.6 Å². The number of hydrogen-bond donors (Lipinski definition) is 0. The van der Waals surface area contributed by atoms with Gasteiger partial charge in [-0.05, 0) is 215 Å². The quantitative estimate of drug-likeness (QED) is 0.0677. The first kappa shape index (κ1) is 71.5. The molecule has 0 spiro atoms. The molecule has 99 heavy (non-hydrogen) atoms. The first-order chi connectivity index (χ1) is 47.0. The van der Waals surface area contributed by atoms with Crippen LogP contribution in [0.3, 0.4) is 0 Å². The second kappa shape index (κ2) is 27.8. The molecule has 14 rings (SSSR count). The lowest BCUT2D eigenvalue weighted by atomic mass is 9.86. The van der Waals surface area contributed by atoms with Gasteiger partial charge in [-0.3, -0.25) is 0 Å². The molecule has 0 amide bonds. The fourth-order valence-corrected chi connectivity index (χ4v) is 17.0. The molecule has 544 valence electrons. The molecule has 4 aromatic carbocycles. The van der Waals surface area contributed by atoms with Crippen molar-refractivity contribution >= 4 is 0 Å². The van der Waals surface area contributed by atoms with Crippen molar-refractivity contribution in [3.8, 4) is 23.0 Å². The molecule has 8 bridgehead atoms. The highest BCUT2D eigenvalue weighted by Gasteiger charge is 2.63. The average molecular weight is 1380 g/mol. The largest absolute Gasteiger partial charge is 0.493 e. The van der Waals surface area contributed by atoms with Crippen LogP contribution >= 0.6 is 0 Å². The zero-order valence-electron chi connectivity index (χ0n) is 61.8. The van der Waals surface area contributed by atoms with E-state index in [1.54, 1.807) is 0 Å². The van der Waals surface area contributed by atoms with Crippen LogP contribution in [0.15, 0.2) is 48.5 Å². The summed E-state index contributed by atoms with van der Waals surface area (Å²) in [7, 11) is 0. The monoisotopic (exact) mass is 1370 g/mol. The lowest BCUT2D eigenvalue weighted by Crippen LogP contribution is -2.55. The molecule has 9 aliphatic heterocycles. The standard InChI is InChI=1S/C80H110O19/c1-18-28-81-59-48-32-44(5)33-49(59)41-51-35-46(23-26-57-64-67(92-76(8,9)89-64)70-73(86-57)98-79(14,15)95-70)37-53(61(51)83-30-20-3)43-55-39-47(24-27-58-65-68(93-77(10,11)90-65)71-74(87-58)99-80(16,17)96-71)38-54(62(55)84-31-21-4)42-52-36-45(34-50(40-48)60(52)82-29-19-2)22-25-56-63-66(91-75(6,7)88-63)69-72(85-56)97-78(12,13)94-69/h32-39,56-58,63-74H,18-31,40-43H2,1-17H3/t56-,57-,58-,63+,64+,65+,66+,67+,68+,69-,70-,71-,72-,73-,74-/m0/s1. The van der Waals surface area contributed by atoms with Crippen molar-refractivity contribution in [1.29, 1.82) is 0 Å². The van der Waals surface area contributed by atoms with Gasteiger partial charge >= 0.3 is 0 Å². The van der Waals surface area contributed by atoms with E-state index >= 15 is 0 Å². The molecule has 10 aliphatic rings. The molecule has 9 saturated heterocycles. The second-order valence-corrected chi connectivity index (χ2v) is 32.0. The molecule has 0 unspecified atom stereocenters. The molecule has 4 aromatic rings. The predicted octanol–water partition coefficient (Wildman–Crippen LogP) is 13.8. The van der Waals surface area contributed by atoms with Gasteiger partial charge in [0.05, 0.1) is 44.7 Å². The van der Waals surface area contributed by atoms with E-state index in [0.717, 1.165) is 115 Å². The summed E-state index contributed by atoms with van der Waals surface area (Å²) in [5, 5.41) is 0. The van der Waals surface area contributed by atoms with Crippen molar-refractivity contribution in [2.45, 2.75) is 334 Å². The van der Waals surface area contributed by atoms with Crippen molar-refractivity contribution in [3.05, 3.63) is 115 Å². The Morgan fingerprint density at radius 2 is 0.505 bits per heavy atom. The highest BCUT2D eigenvalue weighted by atomic mass is 16.9. The van der Waals surface area contributed by atoms with Gasteiger partial charge in [-0.2, -0.15) is 0 Å². The molecule has 0 N–H and O–H groups in total. The van der Waals surface area contributed by atoms with Crippen molar-refractivity contribution in [3.63, 3.8) is 0 Å². The SMILES string of the molecule is CCCOc1c2cc(C)cc1Cc1cc(CC[C@@H]3O[C@H]4OC(C)(C)O[C@H]4[C@@H]4OC(C)(C)O[C@@H]43)cc(c1OCCC)Cc1cc(CC[C@@H]3O[C@H]4OC(C)(C)O[C@H]4[C@@H]4OC(C)(C)O[C@@H]43)cc(c1OCCC)Cc1cc(CC[C@@H]3O[C@H]4OC(C)(C)O[C@H]4[C@@H]4OC(C)(C)O[C@@H]43)cc(c1OCCC)C2. The number of ether oxygens (including phenoxy) is 19. The van der Waals surface area contributed by atoms with Gasteiger partial charge in [0.1, 0.15) is 77.9 Å². The first-order valence-corrected chi connectivity index (χ1v) is 37.2. The van der Waals surface area contributed by atoms with Crippen molar-refractivity contribution in [1.82, 2.24) is 0 Å². The van der Waals surface area contributed by atoms with Crippen LogP contribution < -0.4 is 18.9 Å². The molecular formula is C80H110O19. The van der Waals surface area contributed by atoms with Crippen LogP contribution in [0.5, 0.6) is 23.0 Å². The van der Waals surface area contributed by atoms with Crippen molar-refractivity contribution in [2.24, 2.45) is 0 Å². The molecule has 1 aliphatic carbocycles. The highest BCUT2D eigenvalue weighted by molar-refractivity contribution is 5.59. The lowest BCUT2D eigenvalue weighted by Gasteiger charge is -2.37. The Morgan fingerprint density at radius 1 is 0.293 bits per heavy atom. The topological polar surface area (TPSA) is 175 Å². The number of rotatable bonds is 21. The number of hydrogen-bond acceptors (Lipinski definition) is 19. The molecule has 0 aromatic heterocycles. The Bertz CT molecular complexity index is 3380. The first-order valence-electron chi connectivity index (χ1n) is 37.2. The van der Waals surface area contributed by atoms with Gasteiger partial charge in [0, 0.05) is 25.7 Å². The number of aryl methyl sites for hydroxylation is 4. The van der Waals surface area contributed by atoms with Crippen LogP contribution in [0.25, 0.3) is 0 Å². The number of benzene rings is 4. The van der Waals surface area contributed by atoms with E-state index in [1.165, 1.54) is 0 Å². The van der Waals surface area contributed by atoms with Gasteiger partial charge in [-0.25, -0.2) is 0 Å². The Kier molecular flexibility index (Phi) is 20.1. The van der Waals surface area contributed by atoms with E-state index in [4.69, 9.17) is 90.0 Å². The minimum absolute atomic E-state index is 0.344. The minimum atomic E-state index is -0.850. The third-order valence-electron chi connectivity index (χ3n) is 20.5. The maximum Gasteiger partial charge on any atom is 0.190 e. The van der Waals surface area contributed by atoms with Gasteiger partial charge < -0.3 is 90.0 Å². The summed E-state index contributed by atoms with van der Waals surface area (Å²) < 4.78 is 128. The van der Waals surface area contributed by atoms with Crippen LogP contribution in [-0.2, 0) is 116 Å². The van der Waals surface area contributed by atoms with E-state index in [1.807, 2.05) is 83.1 Å². The van der Waals surface area contributed by atoms with Crippen LogP contribution in [0.2, 0.25) is 0 Å². The average Bonchev–Trinajstić information content (AvgIpc) is 1.65. The van der Waals surface area contributed by atoms with E-state index in [0.29, 0.717) is 90.6 Å². The predicted molar refractivity (Wildman–Crippen MR) is 367 cm³/mol. The van der Waals surface area contributed by atoms with Gasteiger partial charge in [-0.1, -0.05) is 81.8 Å². The molecule has 0 radical (unpaired) electrons. The van der Waals surface area contributed by atoms with Crippen LogP contribution in [0.4, 0.5) is 0 Å². The molecular weight excluding hydrogens is 1260 g/mol. The van der Waals surface area contributed by atoms with Crippen molar-refractivity contribution < 1.29 is 90.0 Å². The maximum atomic E-state index is 7.25. The Balaban J connectivity index is 0.908. The van der Waals surface area contributed by atoms with Crippen molar-refractivity contribution in [2.75, 3.05) is 26.4 Å². The third kappa shape index (κ3) is 15.3. The summed E-state index contributed by atoms with van der Waals surface area (Å²) in [6, 6.07) is 18.8. The smallest absolute Gasteiger partial charge is 0.190 e. The summed E-state index contributed by atoms with van der Waals surface area (Å²) >= 11 is 0. The summed E-state index contributed by atoms with van der Waals surface area (Å²) in [4.78, 5) is 0. The van der Waals surface area contributed by atoms with Gasteiger partial charge in [0.25, 0.3) is 0 Å². The molecule has 15 atom stereocenters. The summed E-state index contributed by atoms with van der Waals surface area (Å²) in [5.74, 6) is -1.55. The van der Waals surface area contributed by atoms with E-state index in [9.17, 15) is 0 Å². The van der Waals surface area contributed by atoms with Gasteiger partial charge in [0.2, 0.25) is 0 Å². The molecule has 9 heterocycles. The van der Waals surface area contributed by atoms with E-state index in [-0.39, 0.29) is 54.9 Å². The van der Waals surface area contributed by atoms with Crippen LogP contribution in [0.1, 0.15) is 222 Å². The zero-order chi connectivity index (χ0) is 69.7. The zero-order valence-corrected chi connectivity index (χ0v) is 61.8. The molecule has 0 saturated carbocycles. The fraction of sp³-hybridized carbons (Fsp3) is 0.700. The highest BCUT2D eigenvalue weighted by Crippen LogP contribution is 2.50. The molecule has 19 heteroatoms. The Hall–Kier alpha value is -4.52. The number of fused-ring (bicyclic) bond motifs is 17. The second-order valence-electron chi connectivity index (χ2n) is 32.0. The minimum Gasteiger partial charge on any atom is -0.493 e. The third-order valence-corrected chi connectivity index (χ3v) is 20.5. The molecule has 9 fully saturated rings.